The summed E-state index contributed by atoms with van der Waals surface area (Å²) in [5.74, 6) is 0.616. The number of esters is 1. The van der Waals surface area contributed by atoms with Gasteiger partial charge in [-0.2, -0.15) is 4.99 Å². The lowest BCUT2D eigenvalue weighted by molar-refractivity contribution is -0.138. The van der Waals surface area contributed by atoms with Crippen LogP contribution in [-0.4, -0.2) is 34.4 Å². The van der Waals surface area contributed by atoms with E-state index in [4.69, 9.17) is 4.74 Å². The molecule has 6 nitrogen and oxygen atoms in total. The zero-order valence-corrected chi connectivity index (χ0v) is 9.58. The summed E-state index contributed by atoms with van der Waals surface area (Å²) >= 11 is 0. The van der Waals surface area contributed by atoms with Crippen LogP contribution in [0, 0.1) is 0 Å². The van der Waals surface area contributed by atoms with Crippen LogP contribution < -0.4 is 0 Å². The third kappa shape index (κ3) is 1.85. The van der Waals surface area contributed by atoms with E-state index in [-0.39, 0.29) is 17.9 Å². The van der Waals surface area contributed by atoms with Crippen molar-refractivity contribution in [2.45, 2.75) is 6.92 Å². The maximum atomic E-state index is 11.7. The smallest absolute Gasteiger partial charge is 0.346 e. The molecule has 0 spiro atoms. The third-order valence-corrected chi connectivity index (χ3v) is 2.34. The molecule has 2 aliphatic rings. The summed E-state index contributed by atoms with van der Waals surface area (Å²) in [5, 5.41) is 9.71. The van der Waals surface area contributed by atoms with Crippen molar-refractivity contribution in [3.8, 4) is 0 Å². The molecule has 0 saturated carbocycles. The maximum absolute atomic E-state index is 11.7. The standard InChI is InChI=1S/C12H10N2O4/c1-2-18-12(17)10-8(7-15)14-6-4-3-5-9(14)13-11(10)16/h3-6,16H,2H2,1H3. The summed E-state index contributed by atoms with van der Waals surface area (Å²) in [4.78, 5) is 27.9. The maximum Gasteiger partial charge on any atom is 0.346 e. The van der Waals surface area contributed by atoms with Crippen LogP contribution in [0.2, 0.25) is 0 Å². The summed E-state index contributed by atoms with van der Waals surface area (Å²) in [7, 11) is 0. The molecule has 2 aliphatic heterocycles. The highest BCUT2D eigenvalue weighted by molar-refractivity contribution is 6.06. The minimum absolute atomic E-state index is 0.114. The topological polar surface area (TPSA) is 79.2 Å². The Balaban J connectivity index is 2.52. The van der Waals surface area contributed by atoms with E-state index >= 15 is 0 Å². The van der Waals surface area contributed by atoms with Gasteiger partial charge in [0.1, 0.15) is 5.84 Å². The number of hydrogen-bond donors (Lipinski definition) is 1. The van der Waals surface area contributed by atoms with Crippen LogP contribution >= 0.6 is 0 Å². The Morgan fingerprint density at radius 3 is 3.00 bits per heavy atom. The highest BCUT2D eigenvalue weighted by atomic mass is 16.5. The Bertz CT molecular complexity index is 563. The van der Waals surface area contributed by atoms with Gasteiger partial charge >= 0.3 is 5.97 Å². The van der Waals surface area contributed by atoms with Crippen LogP contribution in [0.5, 0.6) is 0 Å². The van der Waals surface area contributed by atoms with Crippen molar-refractivity contribution in [1.29, 1.82) is 0 Å². The van der Waals surface area contributed by atoms with Gasteiger partial charge in [-0.15, -0.1) is 0 Å². The third-order valence-electron chi connectivity index (χ3n) is 2.34. The second kappa shape index (κ2) is 4.73. The summed E-state index contributed by atoms with van der Waals surface area (Å²) in [5.41, 5.74) is -0.396. The minimum atomic E-state index is -0.806. The normalized spacial score (nSPS) is 17.3. The van der Waals surface area contributed by atoms with Crippen molar-refractivity contribution in [1.82, 2.24) is 4.90 Å². The molecule has 0 saturated heterocycles. The molecule has 1 N–H and O–H groups in total. The second-order valence-corrected chi connectivity index (χ2v) is 3.41. The largest absolute Gasteiger partial charge is 0.493 e. The van der Waals surface area contributed by atoms with Crippen molar-refractivity contribution in [3.05, 3.63) is 41.6 Å². The SMILES string of the molecule is CCOC(=O)C1=C(O)N=C2C=CC=CN2C1=C=O. The fraction of sp³-hybridized carbons (Fsp3) is 0.167. The molecule has 0 aromatic heterocycles. The van der Waals surface area contributed by atoms with Crippen molar-refractivity contribution in [2.75, 3.05) is 6.61 Å². The quantitative estimate of drug-likeness (QED) is 0.576. The number of ether oxygens (including phenoxy) is 1. The number of fused-ring (bicyclic) bond motifs is 1. The van der Waals surface area contributed by atoms with Crippen LogP contribution in [0.15, 0.2) is 46.6 Å². The molecule has 0 aromatic rings. The van der Waals surface area contributed by atoms with Crippen molar-refractivity contribution in [3.63, 3.8) is 0 Å². The number of carbonyl (C=O) groups is 1. The Hall–Kier alpha value is -2.59. The molecule has 0 aliphatic carbocycles. The number of hydrogen-bond acceptors (Lipinski definition) is 6. The van der Waals surface area contributed by atoms with Gasteiger partial charge in [0.25, 0.3) is 0 Å². The lowest BCUT2D eigenvalue weighted by Gasteiger charge is -2.26. The van der Waals surface area contributed by atoms with Gasteiger partial charge in [0.15, 0.2) is 17.2 Å². The summed E-state index contributed by atoms with van der Waals surface area (Å²) in [6.45, 7) is 1.76. The number of nitrogens with zero attached hydrogens (tertiary/aromatic N) is 2. The molecule has 0 unspecified atom stereocenters. The number of allylic oxidation sites excluding steroid dienone is 2. The predicted octanol–water partition coefficient (Wildman–Crippen LogP) is 0.832. The first-order valence-electron chi connectivity index (χ1n) is 5.27. The van der Waals surface area contributed by atoms with Gasteiger partial charge in [-0.1, -0.05) is 6.08 Å². The van der Waals surface area contributed by atoms with Gasteiger partial charge in [-0.3, -0.25) is 4.90 Å². The summed E-state index contributed by atoms with van der Waals surface area (Å²) < 4.78 is 4.77. The first kappa shape index (κ1) is 11.9. The number of aliphatic imine (C=N–C) groups is 1. The Morgan fingerprint density at radius 2 is 2.33 bits per heavy atom. The lowest BCUT2D eigenvalue weighted by atomic mass is 10.1. The molecule has 0 atom stereocenters. The van der Waals surface area contributed by atoms with Gasteiger partial charge in [0.05, 0.1) is 6.61 Å². The van der Waals surface area contributed by atoms with Crippen molar-refractivity contribution < 1.29 is 19.4 Å². The number of aliphatic hydroxyl groups is 1. The van der Waals surface area contributed by atoms with Gasteiger partial charge < -0.3 is 9.84 Å². The highest BCUT2D eigenvalue weighted by Crippen LogP contribution is 2.26. The van der Waals surface area contributed by atoms with Gasteiger partial charge in [0.2, 0.25) is 5.88 Å². The average Bonchev–Trinajstić information content (AvgIpc) is 2.37. The highest BCUT2D eigenvalue weighted by Gasteiger charge is 2.32. The van der Waals surface area contributed by atoms with E-state index in [1.165, 1.54) is 4.90 Å². The summed E-state index contributed by atoms with van der Waals surface area (Å²) in [6.07, 6.45) is 6.50. The monoisotopic (exact) mass is 246 g/mol. The van der Waals surface area contributed by atoms with Gasteiger partial charge in [-0.25, -0.2) is 9.59 Å². The lowest BCUT2D eigenvalue weighted by Crippen LogP contribution is -2.32. The van der Waals surface area contributed by atoms with E-state index in [0.29, 0.717) is 5.84 Å². The van der Waals surface area contributed by atoms with E-state index < -0.39 is 11.9 Å². The molecule has 0 amide bonds. The molecule has 6 heteroatoms. The zero-order chi connectivity index (χ0) is 13.1. The number of amidine groups is 1. The molecule has 0 fully saturated rings. The number of rotatable bonds is 2. The summed E-state index contributed by atoms with van der Waals surface area (Å²) in [6, 6.07) is 0. The van der Waals surface area contributed by atoms with E-state index in [1.54, 1.807) is 37.3 Å². The Morgan fingerprint density at radius 1 is 1.56 bits per heavy atom. The fourth-order valence-electron chi connectivity index (χ4n) is 1.60. The Kier molecular flexibility index (Phi) is 3.12. The van der Waals surface area contributed by atoms with Gasteiger partial charge in [-0.05, 0) is 19.1 Å². The number of aliphatic hydroxyl groups excluding tert-OH is 1. The van der Waals surface area contributed by atoms with Crippen LogP contribution in [0.25, 0.3) is 0 Å². The van der Waals surface area contributed by atoms with Gasteiger partial charge in [0, 0.05) is 6.20 Å². The Labute approximate surface area is 103 Å². The van der Waals surface area contributed by atoms with E-state index in [9.17, 15) is 14.7 Å². The van der Waals surface area contributed by atoms with Crippen LogP contribution in [0.3, 0.4) is 0 Å². The molecule has 18 heavy (non-hydrogen) atoms. The average molecular weight is 246 g/mol. The van der Waals surface area contributed by atoms with Crippen molar-refractivity contribution >= 4 is 17.7 Å². The molecule has 2 rings (SSSR count). The molecule has 92 valence electrons. The fourth-order valence-corrected chi connectivity index (χ4v) is 1.60. The zero-order valence-electron chi connectivity index (χ0n) is 9.58. The second-order valence-electron chi connectivity index (χ2n) is 3.41. The number of carbonyl (C=O) groups excluding carboxylic acids is 2. The van der Waals surface area contributed by atoms with Crippen LogP contribution in [-0.2, 0) is 14.3 Å². The van der Waals surface area contributed by atoms with E-state index in [1.807, 2.05) is 0 Å². The molecular weight excluding hydrogens is 236 g/mol. The van der Waals surface area contributed by atoms with E-state index in [2.05, 4.69) is 4.99 Å². The van der Waals surface area contributed by atoms with E-state index in [0.717, 1.165) is 0 Å². The molecular formula is C12H10N2O4. The molecule has 0 bridgehead atoms. The predicted molar refractivity (Wildman–Crippen MR) is 63.0 cm³/mol. The first-order chi connectivity index (χ1) is 8.69. The minimum Gasteiger partial charge on any atom is -0.493 e. The molecule has 0 aromatic carbocycles. The van der Waals surface area contributed by atoms with Crippen LogP contribution in [0.4, 0.5) is 0 Å². The first-order valence-corrected chi connectivity index (χ1v) is 5.27. The molecule has 0 radical (unpaired) electrons. The van der Waals surface area contributed by atoms with Crippen molar-refractivity contribution in [2.24, 2.45) is 4.99 Å². The van der Waals surface area contributed by atoms with Crippen LogP contribution in [0.1, 0.15) is 6.92 Å². The molecule has 2 heterocycles.